The third kappa shape index (κ3) is 3.42. The Labute approximate surface area is 135 Å². The maximum Gasteiger partial charge on any atom is 0.255 e. The maximum absolute atomic E-state index is 12.4. The minimum atomic E-state index is -0.141. The minimum Gasteiger partial charge on any atom is -0.355 e. The number of anilines is 1. The normalized spacial score (nSPS) is 13.1. The predicted molar refractivity (Wildman–Crippen MR) is 90.9 cm³/mol. The summed E-state index contributed by atoms with van der Waals surface area (Å²) in [6, 6.07) is 12.8. The molecule has 2 aromatic carbocycles. The molecule has 0 bridgehead atoms. The third-order valence-electron chi connectivity index (χ3n) is 4.24. The molecular weight excluding hydrogens is 288 g/mol. The van der Waals surface area contributed by atoms with Gasteiger partial charge in [0.25, 0.3) is 11.8 Å². The van der Waals surface area contributed by atoms with E-state index in [0.29, 0.717) is 16.8 Å². The fraction of sp³-hybridized carbons (Fsp3) is 0.263. The summed E-state index contributed by atoms with van der Waals surface area (Å²) in [5.74, 6) is -0.261. The average Bonchev–Trinajstić information content (AvgIpc) is 2.61. The Bertz CT molecular complexity index is 736. The van der Waals surface area contributed by atoms with E-state index in [0.717, 1.165) is 12.8 Å². The third-order valence-corrected chi connectivity index (χ3v) is 4.24. The Morgan fingerprint density at radius 3 is 2.17 bits per heavy atom. The largest absolute Gasteiger partial charge is 0.355 e. The second-order valence-corrected chi connectivity index (χ2v) is 5.80. The van der Waals surface area contributed by atoms with E-state index in [2.05, 4.69) is 16.7 Å². The van der Waals surface area contributed by atoms with Crippen LogP contribution in [0.5, 0.6) is 0 Å². The van der Waals surface area contributed by atoms with Crippen LogP contribution >= 0.6 is 0 Å². The fourth-order valence-electron chi connectivity index (χ4n) is 2.93. The molecule has 2 N–H and O–H groups in total. The molecule has 2 aromatic rings. The number of carbonyl (C=O) groups is 2. The van der Waals surface area contributed by atoms with Crippen molar-refractivity contribution in [3.63, 3.8) is 0 Å². The molecule has 0 unspecified atom stereocenters. The van der Waals surface area contributed by atoms with E-state index >= 15 is 0 Å². The lowest BCUT2D eigenvalue weighted by atomic mass is 9.90. The molecule has 0 aromatic heterocycles. The molecule has 0 aliphatic heterocycles. The highest BCUT2D eigenvalue weighted by atomic mass is 16.2. The SMILES string of the molecule is CNC(=O)c1ccc(NC(=O)c2ccc3c(c2)CCCC3)cc1. The van der Waals surface area contributed by atoms with Gasteiger partial charge in [-0.05, 0) is 73.2 Å². The second-order valence-electron chi connectivity index (χ2n) is 5.80. The summed E-state index contributed by atoms with van der Waals surface area (Å²) in [5.41, 5.74) is 4.59. The minimum absolute atomic E-state index is 0.119. The van der Waals surface area contributed by atoms with Gasteiger partial charge < -0.3 is 10.6 Å². The molecule has 0 radical (unpaired) electrons. The van der Waals surface area contributed by atoms with Crippen LogP contribution in [0.25, 0.3) is 0 Å². The summed E-state index contributed by atoms with van der Waals surface area (Å²) in [4.78, 5) is 23.9. The Kier molecular flexibility index (Phi) is 4.42. The van der Waals surface area contributed by atoms with Gasteiger partial charge in [0.15, 0.2) is 0 Å². The van der Waals surface area contributed by atoms with E-state index < -0.39 is 0 Å². The first-order valence-corrected chi connectivity index (χ1v) is 7.92. The van der Waals surface area contributed by atoms with Crippen LogP contribution < -0.4 is 10.6 Å². The van der Waals surface area contributed by atoms with E-state index in [9.17, 15) is 9.59 Å². The molecule has 0 saturated carbocycles. The van der Waals surface area contributed by atoms with Gasteiger partial charge in [0.2, 0.25) is 0 Å². The highest BCUT2D eigenvalue weighted by molar-refractivity contribution is 6.04. The molecule has 2 amide bonds. The van der Waals surface area contributed by atoms with Crippen molar-refractivity contribution in [3.05, 3.63) is 64.7 Å². The quantitative estimate of drug-likeness (QED) is 0.915. The van der Waals surface area contributed by atoms with Crippen LogP contribution in [0.3, 0.4) is 0 Å². The molecule has 4 heteroatoms. The zero-order valence-electron chi connectivity index (χ0n) is 13.2. The summed E-state index contributed by atoms with van der Waals surface area (Å²) < 4.78 is 0. The number of rotatable bonds is 3. The number of amides is 2. The van der Waals surface area contributed by atoms with Crippen molar-refractivity contribution >= 4 is 17.5 Å². The van der Waals surface area contributed by atoms with Crippen LogP contribution in [0.4, 0.5) is 5.69 Å². The first kappa shape index (κ1) is 15.3. The molecule has 0 heterocycles. The smallest absolute Gasteiger partial charge is 0.255 e. The van der Waals surface area contributed by atoms with Crippen LogP contribution in [0, 0.1) is 0 Å². The van der Waals surface area contributed by atoms with E-state index in [1.165, 1.54) is 24.0 Å². The zero-order chi connectivity index (χ0) is 16.2. The summed E-state index contributed by atoms with van der Waals surface area (Å²) in [6.07, 6.45) is 4.59. The molecule has 23 heavy (non-hydrogen) atoms. The number of nitrogens with one attached hydrogen (secondary N) is 2. The number of carbonyl (C=O) groups excluding carboxylic acids is 2. The van der Waals surface area contributed by atoms with E-state index in [1.807, 2.05) is 12.1 Å². The highest BCUT2D eigenvalue weighted by Gasteiger charge is 2.13. The topological polar surface area (TPSA) is 58.2 Å². The summed E-state index contributed by atoms with van der Waals surface area (Å²) in [5, 5.41) is 5.45. The van der Waals surface area contributed by atoms with E-state index in [1.54, 1.807) is 31.3 Å². The number of benzene rings is 2. The lowest BCUT2D eigenvalue weighted by molar-refractivity contribution is 0.0962. The van der Waals surface area contributed by atoms with Gasteiger partial charge in [-0.25, -0.2) is 0 Å². The van der Waals surface area contributed by atoms with Crippen molar-refractivity contribution in [2.75, 3.05) is 12.4 Å². The van der Waals surface area contributed by atoms with Crippen LogP contribution in [-0.4, -0.2) is 18.9 Å². The molecule has 1 aliphatic rings. The zero-order valence-corrected chi connectivity index (χ0v) is 13.2. The summed E-state index contributed by atoms with van der Waals surface area (Å²) in [6.45, 7) is 0. The lowest BCUT2D eigenvalue weighted by Gasteiger charge is -2.16. The molecule has 0 spiro atoms. The van der Waals surface area contributed by atoms with Crippen molar-refractivity contribution in [3.8, 4) is 0 Å². The molecular formula is C19H20N2O2. The maximum atomic E-state index is 12.4. The Balaban J connectivity index is 1.72. The number of hydrogen-bond donors (Lipinski definition) is 2. The summed E-state index contributed by atoms with van der Waals surface area (Å²) >= 11 is 0. The fourth-order valence-corrected chi connectivity index (χ4v) is 2.93. The van der Waals surface area contributed by atoms with Gasteiger partial charge in [-0.2, -0.15) is 0 Å². The monoisotopic (exact) mass is 308 g/mol. The van der Waals surface area contributed by atoms with Gasteiger partial charge in [-0.3, -0.25) is 9.59 Å². The molecule has 0 atom stereocenters. The van der Waals surface area contributed by atoms with Crippen molar-refractivity contribution in [2.24, 2.45) is 0 Å². The standard InChI is InChI=1S/C19H20N2O2/c1-20-18(22)14-8-10-17(11-9-14)21-19(23)16-7-6-13-4-2-3-5-15(13)12-16/h6-12H,2-5H2,1H3,(H,20,22)(H,21,23). The van der Waals surface area contributed by atoms with Gasteiger partial charge in [0, 0.05) is 23.9 Å². The number of fused-ring (bicyclic) bond motifs is 1. The van der Waals surface area contributed by atoms with Crippen molar-refractivity contribution in [1.29, 1.82) is 0 Å². The number of aryl methyl sites for hydroxylation is 2. The molecule has 1 aliphatic carbocycles. The second kappa shape index (κ2) is 6.65. The summed E-state index contributed by atoms with van der Waals surface area (Å²) in [7, 11) is 1.59. The Morgan fingerprint density at radius 1 is 0.826 bits per heavy atom. The van der Waals surface area contributed by atoms with Crippen LogP contribution in [0.2, 0.25) is 0 Å². The predicted octanol–water partition coefficient (Wildman–Crippen LogP) is 3.18. The van der Waals surface area contributed by atoms with Gasteiger partial charge in [-0.15, -0.1) is 0 Å². The van der Waals surface area contributed by atoms with Gasteiger partial charge >= 0.3 is 0 Å². The Morgan fingerprint density at radius 2 is 1.48 bits per heavy atom. The van der Waals surface area contributed by atoms with Gasteiger partial charge in [-0.1, -0.05) is 6.07 Å². The molecule has 4 nitrogen and oxygen atoms in total. The average molecular weight is 308 g/mol. The van der Waals surface area contributed by atoms with E-state index in [-0.39, 0.29) is 11.8 Å². The molecule has 3 rings (SSSR count). The van der Waals surface area contributed by atoms with Crippen LogP contribution in [-0.2, 0) is 12.8 Å². The molecule has 0 fully saturated rings. The van der Waals surface area contributed by atoms with Crippen LogP contribution in [0.15, 0.2) is 42.5 Å². The van der Waals surface area contributed by atoms with Gasteiger partial charge in [0.1, 0.15) is 0 Å². The first-order valence-electron chi connectivity index (χ1n) is 7.92. The van der Waals surface area contributed by atoms with Crippen molar-refractivity contribution in [2.45, 2.75) is 25.7 Å². The molecule has 118 valence electrons. The first-order chi connectivity index (χ1) is 11.2. The lowest BCUT2D eigenvalue weighted by Crippen LogP contribution is -2.18. The van der Waals surface area contributed by atoms with Crippen LogP contribution in [0.1, 0.15) is 44.7 Å². The molecule has 0 saturated heterocycles. The van der Waals surface area contributed by atoms with Crippen molar-refractivity contribution in [1.82, 2.24) is 5.32 Å². The highest BCUT2D eigenvalue weighted by Crippen LogP contribution is 2.22. The number of hydrogen-bond acceptors (Lipinski definition) is 2. The van der Waals surface area contributed by atoms with Crippen molar-refractivity contribution < 1.29 is 9.59 Å². The Hall–Kier alpha value is -2.62. The van der Waals surface area contributed by atoms with Gasteiger partial charge in [0.05, 0.1) is 0 Å². The van der Waals surface area contributed by atoms with E-state index in [4.69, 9.17) is 0 Å².